The topological polar surface area (TPSA) is 165 Å². The van der Waals surface area contributed by atoms with Crippen LogP contribution in [0.25, 0.3) is 27.7 Å². The number of carbonyl (C=O) groups is 3. The fourth-order valence-electron chi connectivity index (χ4n) is 8.37. The molecule has 3 aliphatic carbocycles. The molecule has 0 radical (unpaired) electrons. The smallest absolute Gasteiger partial charge is 0.255 e. The standard InChI is InChI=1S/C38H43N3O7/c1-5-15-41(16-6-2)19-20-11-12-24(23-10-8-7-9-22(20)23)25-13-14-28(42)30-26(25)17-21-18-27-32(40(3)4)34(44)31(37(39)47)36(46)38(27,48)35(45)29(21)33(30)43/h7-14,21,27,32,42-43,46,48H,5-6,15-19H2,1-4H3,(H2,39,47)/t21-,27-,32-,38-/m0/s1. The first kappa shape index (κ1) is 33.4. The predicted molar refractivity (Wildman–Crippen MR) is 183 cm³/mol. The number of hydrogen-bond acceptors (Lipinski definition) is 9. The molecule has 0 heterocycles. The number of phenolic OH excluding ortho intramolecular Hbond substituents is 1. The third-order valence-electron chi connectivity index (χ3n) is 10.4. The Morgan fingerprint density at radius 2 is 1.58 bits per heavy atom. The highest BCUT2D eigenvalue weighted by molar-refractivity contribution is 6.24. The number of Topliss-reactive ketones (excluding diaryl/α,β-unsaturated/α-hetero) is 2. The first-order valence-corrected chi connectivity index (χ1v) is 16.6. The van der Waals surface area contributed by atoms with Crippen LogP contribution in [0.2, 0.25) is 0 Å². The number of carbonyl (C=O) groups excluding carboxylic acids is 3. The number of nitrogens with zero attached hydrogens (tertiary/aromatic N) is 2. The molecule has 6 rings (SSSR count). The molecular formula is C38H43N3O7. The van der Waals surface area contributed by atoms with E-state index in [9.17, 15) is 34.8 Å². The highest BCUT2D eigenvalue weighted by Crippen LogP contribution is 2.54. The summed E-state index contributed by atoms with van der Waals surface area (Å²) in [6.45, 7) is 7.16. The quantitative estimate of drug-likeness (QED) is 0.211. The molecule has 10 heteroatoms. The second kappa shape index (κ2) is 12.5. The Hall–Kier alpha value is -4.51. The minimum absolute atomic E-state index is 0.0330. The third kappa shape index (κ3) is 5.01. The summed E-state index contributed by atoms with van der Waals surface area (Å²) in [5.74, 6) is -6.68. The number of hydrogen-bond donors (Lipinski definition) is 5. The van der Waals surface area contributed by atoms with Gasteiger partial charge in [0, 0.05) is 18.0 Å². The normalized spacial score (nSPS) is 23.9. The summed E-state index contributed by atoms with van der Waals surface area (Å²) in [6.07, 6.45) is 2.37. The number of fused-ring (bicyclic) bond motifs is 4. The highest BCUT2D eigenvalue weighted by Gasteiger charge is 2.64. The van der Waals surface area contributed by atoms with E-state index in [1.165, 1.54) is 16.5 Å². The lowest BCUT2D eigenvalue weighted by Gasteiger charge is -2.50. The van der Waals surface area contributed by atoms with Crippen LogP contribution in [0.4, 0.5) is 0 Å². The van der Waals surface area contributed by atoms with Crippen LogP contribution in [0.1, 0.15) is 49.8 Å². The number of nitrogens with two attached hydrogens (primary N) is 1. The molecule has 1 fully saturated rings. The van der Waals surface area contributed by atoms with Gasteiger partial charge in [-0.3, -0.25) is 24.2 Å². The van der Waals surface area contributed by atoms with Gasteiger partial charge in [-0.25, -0.2) is 0 Å². The second-order valence-electron chi connectivity index (χ2n) is 13.5. The molecule has 0 saturated heterocycles. The molecule has 3 aromatic carbocycles. The van der Waals surface area contributed by atoms with Gasteiger partial charge >= 0.3 is 0 Å². The molecule has 0 bridgehead atoms. The van der Waals surface area contributed by atoms with Gasteiger partial charge in [-0.05, 0) is 97.9 Å². The molecule has 0 unspecified atom stereocenters. The summed E-state index contributed by atoms with van der Waals surface area (Å²) in [7, 11) is 3.17. The van der Waals surface area contributed by atoms with Gasteiger partial charge in [-0.2, -0.15) is 0 Å². The molecule has 252 valence electrons. The molecule has 10 nitrogen and oxygen atoms in total. The number of benzene rings is 3. The Labute approximate surface area is 279 Å². The molecule has 0 aliphatic heterocycles. The summed E-state index contributed by atoms with van der Waals surface area (Å²) in [4.78, 5) is 43.9. The molecular weight excluding hydrogens is 610 g/mol. The number of aliphatic hydroxyl groups is 3. The van der Waals surface area contributed by atoms with Crippen molar-refractivity contribution >= 4 is 34.0 Å². The van der Waals surface area contributed by atoms with Crippen LogP contribution in [0.5, 0.6) is 5.75 Å². The highest BCUT2D eigenvalue weighted by atomic mass is 16.3. The molecule has 4 atom stereocenters. The maximum Gasteiger partial charge on any atom is 0.255 e. The molecule has 3 aliphatic rings. The number of primary amides is 1. The number of aliphatic hydroxyl groups excluding tert-OH is 2. The zero-order valence-corrected chi connectivity index (χ0v) is 27.8. The minimum Gasteiger partial charge on any atom is -0.508 e. The molecule has 3 aromatic rings. The van der Waals surface area contributed by atoms with Crippen LogP contribution in [0.15, 0.2) is 65.4 Å². The number of likely N-dealkylation sites (N-methyl/N-ethyl adjacent to an activating group) is 1. The van der Waals surface area contributed by atoms with E-state index >= 15 is 0 Å². The number of aromatic hydroxyl groups is 1. The van der Waals surface area contributed by atoms with Crippen molar-refractivity contribution in [3.8, 4) is 16.9 Å². The molecule has 0 aromatic heterocycles. The van der Waals surface area contributed by atoms with Crippen molar-refractivity contribution in [2.45, 2.75) is 57.7 Å². The van der Waals surface area contributed by atoms with Gasteiger partial charge in [0.15, 0.2) is 11.4 Å². The Balaban J connectivity index is 1.51. The zero-order valence-electron chi connectivity index (χ0n) is 27.8. The van der Waals surface area contributed by atoms with Gasteiger partial charge in [0.1, 0.15) is 22.8 Å². The molecule has 48 heavy (non-hydrogen) atoms. The summed E-state index contributed by atoms with van der Waals surface area (Å²) in [5, 5.41) is 48.0. The summed E-state index contributed by atoms with van der Waals surface area (Å²) in [5.41, 5.74) is 5.37. The first-order chi connectivity index (χ1) is 22.9. The van der Waals surface area contributed by atoms with Gasteiger partial charge in [-0.15, -0.1) is 0 Å². The molecule has 1 saturated carbocycles. The third-order valence-corrected chi connectivity index (χ3v) is 10.4. The lowest BCUT2D eigenvalue weighted by atomic mass is 9.57. The second-order valence-corrected chi connectivity index (χ2v) is 13.5. The SMILES string of the molecule is CCCN(CCC)Cc1ccc(-c2ccc(O)c3c2C[C@H]2C[C@H]4[C@H](N(C)C)C(=O)C(C(N)=O)=C(O)[C@@]4(O)C(=O)C2=C3O)c2ccccc12. The maximum absolute atomic E-state index is 14.2. The fraction of sp³-hybridized carbons (Fsp3) is 0.395. The van der Waals surface area contributed by atoms with Crippen molar-refractivity contribution in [3.63, 3.8) is 0 Å². The maximum atomic E-state index is 14.2. The molecule has 6 N–H and O–H groups in total. The van der Waals surface area contributed by atoms with E-state index in [0.29, 0.717) is 5.56 Å². The van der Waals surface area contributed by atoms with E-state index in [0.717, 1.165) is 54.4 Å². The van der Waals surface area contributed by atoms with E-state index in [1.807, 2.05) is 18.2 Å². The summed E-state index contributed by atoms with van der Waals surface area (Å²) < 4.78 is 0. The lowest BCUT2D eigenvalue weighted by Crippen LogP contribution is -2.65. The van der Waals surface area contributed by atoms with E-state index in [-0.39, 0.29) is 29.7 Å². The molecule has 1 amide bonds. The predicted octanol–water partition coefficient (Wildman–Crippen LogP) is 4.41. The first-order valence-electron chi connectivity index (χ1n) is 16.6. The Morgan fingerprint density at radius 3 is 2.21 bits per heavy atom. The summed E-state index contributed by atoms with van der Waals surface area (Å²) in [6, 6.07) is 14.5. The van der Waals surface area contributed by atoms with Crippen molar-refractivity contribution < 1.29 is 34.8 Å². The van der Waals surface area contributed by atoms with Crippen LogP contribution in [0, 0.1) is 11.8 Å². The number of amides is 1. The van der Waals surface area contributed by atoms with E-state index in [2.05, 4.69) is 43.0 Å². The monoisotopic (exact) mass is 653 g/mol. The largest absolute Gasteiger partial charge is 0.508 e. The fourth-order valence-corrected chi connectivity index (χ4v) is 8.37. The van der Waals surface area contributed by atoms with Gasteiger partial charge in [0.25, 0.3) is 5.91 Å². The van der Waals surface area contributed by atoms with Crippen molar-refractivity contribution in [2.24, 2.45) is 17.6 Å². The average Bonchev–Trinajstić information content (AvgIpc) is 3.03. The summed E-state index contributed by atoms with van der Waals surface area (Å²) >= 11 is 0. The average molecular weight is 654 g/mol. The molecule has 0 spiro atoms. The number of rotatable bonds is 9. The lowest BCUT2D eigenvalue weighted by molar-refractivity contribution is -0.153. The van der Waals surface area contributed by atoms with Gasteiger partial charge in [-0.1, -0.05) is 56.3 Å². The number of ketones is 2. The van der Waals surface area contributed by atoms with Crippen LogP contribution < -0.4 is 5.73 Å². The Bertz CT molecular complexity index is 1910. The van der Waals surface area contributed by atoms with Gasteiger partial charge in [0.2, 0.25) is 5.78 Å². The van der Waals surface area contributed by atoms with E-state index in [1.54, 1.807) is 14.1 Å². The Kier molecular flexibility index (Phi) is 8.70. The van der Waals surface area contributed by atoms with Gasteiger partial charge in [0.05, 0.1) is 11.6 Å². The van der Waals surface area contributed by atoms with Crippen LogP contribution >= 0.6 is 0 Å². The van der Waals surface area contributed by atoms with Crippen LogP contribution in [-0.2, 0) is 27.3 Å². The van der Waals surface area contributed by atoms with Crippen molar-refractivity contribution in [3.05, 3.63) is 82.1 Å². The number of phenols is 1. The van der Waals surface area contributed by atoms with Crippen molar-refractivity contribution in [1.82, 2.24) is 9.80 Å². The Morgan fingerprint density at radius 1 is 0.938 bits per heavy atom. The van der Waals surface area contributed by atoms with Gasteiger partial charge < -0.3 is 26.2 Å². The van der Waals surface area contributed by atoms with Crippen molar-refractivity contribution in [2.75, 3.05) is 27.2 Å². The minimum atomic E-state index is -2.67. The van der Waals surface area contributed by atoms with Crippen LogP contribution in [0.3, 0.4) is 0 Å². The van der Waals surface area contributed by atoms with E-state index < -0.39 is 58.0 Å². The van der Waals surface area contributed by atoms with Crippen LogP contribution in [-0.4, -0.2) is 86.5 Å². The van der Waals surface area contributed by atoms with Crippen molar-refractivity contribution in [1.29, 1.82) is 0 Å². The van der Waals surface area contributed by atoms with E-state index in [4.69, 9.17) is 5.73 Å². The zero-order chi connectivity index (χ0) is 34.7.